The minimum absolute atomic E-state index is 0.0866. The fraction of sp³-hybridized carbons (Fsp3) is 0.167. The molecular formula is C12H10Br2N2OS. The molecule has 0 aromatic carbocycles. The van der Waals surface area contributed by atoms with Gasteiger partial charge in [-0.3, -0.25) is 9.78 Å². The number of aromatic nitrogens is 1. The summed E-state index contributed by atoms with van der Waals surface area (Å²) in [5.74, 6) is -0.0866. The van der Waals surface area contributed by atoms with E-state index in [-0.39, 0.29) is 5.91 Å². The maximum atomic E-state index is 11.9. The van der Waals surface area contributed by atoms with Crippen LogP contribution in [-0.4, -0.2) is 10.9 Å². The van der Waals surface area contributed by atoms with Gasteiger partial charge in [-0.15, -0.1) is 11.3 Å². The number of pyridine rings is 1. The first-order valence-electron chi connectivity index (χ1n) is 5.21. The number of amides is 1. The topological polar surface area (TPSA) is 42.0 Å². The van der Waals surface area contributed by atoms with Crippen LogP contribution in [-0.2, 0) is 6.54 Å². The number of hydrogen-bond donors (Lipinski definition) is 1. The highest BCUT2D eigenvalue weighted by Gasteiger charge is 2.12. The number of carbonyl (C=O) groups is 1. The van der Waals surface area contributed by atoms with Gasteiger partial charge in [-0.05, 0) is 56.5 Å². The lowest BCUT2D eigenvalue weighted by Gasteiger charge is -2.05. The van der Waals surface area contributed by atoms with Crippen molar-refractivity contribution in [2.75, 3.05) is 0 Å². The Labute approximate surface area is 126 Å². The van der Waals surface area contributed by atoms with Crippen molar-refractivity contribution in [3.63, 3.8) is 0 Å². The molecule has 0 aliphatic carbocycles. The first-order chi connectivity index (χ1) is 8.58. The van der Waals surface area contributed by atoms with Crippen LogP contribution >= 0.6 is 43.2 Å². The van der Waals surface area contributed by atoms with E-state index in [0.29, 0.717) is 11.4 Å². The lowest BCUT2D eigenvalue weighted by Crippen LogP contribution is -2.22. The summed E-state index contributed by atoms with van der Waals surface area (Å²) in [6.45, 7) is 2.42. The molecule has 0 atom stereocenters. The second-order valence-electron chi connectivity index (χ2n) is 3.68. The van der Waals surface area contributed by atoms with Crippen molar-refractivity contribution >= 4 is 49.1 Å². The van der Waals surface area contributed by atoms with E-state index in [4.69, 9.17) is 0 Å². The van der Waals surface area contributed by atoms with Crippen LogP contribution in [0.5, 0.6) is 0 Å². The molecule has 0 unspecified atom stereocenters. The standard InChI is InChI=1S/C12H10Br2N2OS/c1-7-3-2-4-15-9(7)6-16-12(17)10-5-8(13)11(14)18-10/h2-5H,6H2,1H3,(H,16,17). The second-order valence-corrected chi connectivity index (χ2v) is 6.91. The van der Waals surface area contributed by atoms with Crippen LogP contribution in [0.3, 0.4) is 0 Å². The fourth-order valence-corrected chi connectivity index (χ4v) is 3.37. The second kappa shape index (κ2) is 5.95. The molecule has 0 radical (unpaired) electrons. The van der Waals surface area contributed by atoms with Crippen molar-refractivity contribution in [3.8, 4) is 0 Å². The highest BCUT2D eigenvalue weighted by atomic mass is 79.9. The van der Waals surface area contributed by atoms with Crippen LogP contribution in [0.15, 0.2) is 32.7 Å². The highest BCUT2D eigenvalue weighted by Crippen LogP contribution is 2.32. The Morgan fingerprint density at radius 3 is 2.89 bits per heavy atom. The van der Waals surface area contributed by atoms with E-state index in [0.717, 1.165) is 19.5 Å². The molecule has 2 rings (SSSR count). The molecule has 0 bridgehead atoms. The molecule has 6 heteroatoms. The van der Waals surface area contributed by atoms with Crippen molar-refractivity contribution in [1.82, 2.24) is 10.3 Å². The summed E-state index contributed by atoms with van der Waals surface area (Å²) in [6, 6.07) is 5.66. The van der Waals surface area contributed by atoms with E-state index in [9.17, 15) is 4.79 Å². The maximum Gasteiger partial charge on any atom is 0.261 e. The van der Waals surface area contributed by atoms with Gasteiger partial charge in [-0.1, -0.05) is 6.07 Å². The molecule has 2 aromatic rings. The number of hydrogen-bond acceptors (Lipinski definition) is 3. The van der Waals surface area contributed by atoms with E-state index in [1.807, 2.05) is 19.1 Å². The Kier molecular flexibility index (Phi) is 4.53. The first-order valence-corrected chi connectivity index (χ1v) is 7.61. The van der Waals surface area contributed by atoms with Gasteiger partial charge < -0.3 is 5.32 Å². The molecule has 3 nitrogen and oxygen atoms in total. The molecule has 0 aliphatic heterocycles. The van der Waals surface area contributed by atoms with Crippen LogP contribution < -0.4 is 5.32 Å². The summed E-state index contributed by atoms with van der Waals surface area (Å²) in [6.07, 6.45) is 1.73. The number of halogens is 2. The molecule has 18 heavy (non-hydrogen) atoms. The molecule has 2 heterocycles. The van der Waals surface area contributed by atoms with Crippen LogP contribution in [0.25, 0.3) is 0 Å². The molecule has 1 N–H and O–H groups in total. The quantitative estimate of drug-likeness (QED) is 0.864. The minimum atomic E-state index is -0.0866. The molecule has 1 amide bonds. The van der Waals surface area contributed by atoms with Crippen LogP contribution in [0.2, 0.25) is 0 Å². The summed E-state index contributed by atoms with van der Waals surface area (Å²) in [5, 5.41) is 2.86. The summed E-state index contributed by atoms with van der Waals surface area (Å²) >= 11 is 8.13. The summed E-state index contributed by atoms with van der Waals surface area (Å²) in [5.41, 5.74) is 1.96. The van der Waals surface area contributed by atoms with Crippen LogP contribution in [0.4, 0.5) is 0 Å². The van der Waals surface area contributed by atoms with Crippen molar-refractivity contribution in [3.05, 3.63) is 48.8 Å². The zero-order valence-corrected chi connectivity index (χ0v) is 13.5. The van der Waals surface area contributed by atoms with Gasteiger partial charge in [-0.25, -0.2) is 0 Å². The molecule has 0 aliphatic rings. The molecule has 0 saturated carbocycles. The average Bonchev–Trinajstić information content (AvgIpc) is 2.68. The van der Waals surface area contributed by atoms with Gasteiger partial charge in [-0.2, -0.15) is 0 Å². The van der Waals surface area contributed by atoms with Gasteiger partial charge in [0.2, 0.25) is 0 Å². The zero-order valence-electron chi connectivity index (χ0n) is 9.54. The number of nitrogens with one attached hydrogen (secondary N) is 1. The Bertz CT molecular complexity index is 564. The van der Waals surface area contributed by atoms with Crippen molar-refractivity contribution < 1.29 is 4.79 Å². The zero-order chi connectivity index (χ0) is 13.1. The Morgan fingerprint density at radius 1 is 1.50 bits per heavy atom. The molecule has 0 spiro atoms. The van der Waals surface area contributed by atoms with E-state index in [1.165, 1.54) is 11.3 Å². The monoisotopic (exact) mass is 388 g/mol. The SMILES string of the molecule is Cc1cccnc1CNC(=O)c1cc(Br)c(Br)s1. The molecular weight excluding hydrogens is 380 g/mol. The van der Waals surface area contributed by atoms with E-state index in [1.54, 1.807) is 12.3 Å². The van der Waals surface area contributed by atoms with Crippen molar-refractivity contribution in [1.29, 1.82) is 0 Å². The molecule has 2 aromatic heterocycles. The first kappa shape index (κ1) is 13.7. The number of rotatable bonds is 3. The summed E-state index contributed by atoms with van der Waals surface area (Å²) < 4.78 is 1.81. The maximum absolute atomic E-state index is 11.9. The lowest BCUT2D eigenvalue weighted by atomic mass is 10.2. The van der Waals surface area contributed by atoms with Gasteiger partial charge in [0.15, 0.2) is 0 Å². The molecule has 94 valence electrons. The van der Waals surface area contributed by atoms with Gasteiger partial charge in [0.25, 0.3) is 5.91 Å². The number of thiophene rings is 1. The van der Waals surface area contributed by atoms with E-state index in [2.05, 4.69) is 42.2 Å². The van der Waals surface area contributed by atoms with E-state index >= 15 is 0 Å². The Morgan fingerprint density at radius 2 is 2.28 bits per heavy atom. The number of carbonyl (C=O) groups excluding carboxylic acids is 1. The third kappa shape index (κ3) is 3.18. The largest absolute Gasteiger partial charge is 0.346 e. The Balaban J connectivity index is 2.03. The van der Waals surface area contributed by atoms with Crippen molar-refractivity contribution in [2.45, 2.75) is 13.5 Å². The van der Waals surface area contributed by atoms with Gasteiger partial charge in [0, 0.05) is 10.7 Å². The smallest absolute Gasteiger partial charge is 0.261 e. The third-order valence-corrected chi connectivity index (χ3v) is 5.66. The molecule has 0 saturated heterocycles. The third-order valence-electron chi connectivity index (χ3n) is 2.40. The van der Waals surface area contributed by atoms with Gasteiger partial charge >= 0.3 is 0 Å². The van der Waals surface area contributed by atoms with E-state index < -0.39 is 0 Å². The average molecular weight is 390 g/mol. The lowest BCUT2D eigenvalue weighted by molar-refractivity contribution is 0.0954. The highest BCUT2D eigenvalue weighted by molar-refractivity contribution is 9.13. The van der Waals surface area contributed by atoms with Crippen LogP contribution in [0, 0.1) is 6.92 Å². The van der Waals surface area contributed by atoms with Gasteiger partial charge in [0.1, 0.15) is 0 Å². The predicted octanol–water partition coefficient (Wildman–Crippen LogP) is 3.91. The Hall–Kier alpha value is -0.720. The minimum Gasteiger partial charge on any atom is -0.346 e. The normalized spacial score (nSPS) is 10.4. The summed E-state index contributed by atoms with van der Waals surface area (Å²) in [4.78, 5) is 16.8. The fourth-order valence-electron chi connectivity index (χ4n) is 1.41. The van der Waals surface area contributed by atoms with Crippen LogP contribution in [0.1, 0.15) is 20.9 Å². The van der Waals surface area contributed by atoms with Crippen molar-refractivity contribution in [2.24, 2.45) is 0 Å². The summed E-state index contributed by atoms with van der Waals surface area (Å²) in [7, 11) is 0. The molecule has 0 fully saturated rings. The number of nitrogens with zero attached hydrogens (tertiary/aromatic N) is 1. The number of aryl methyl sites for hydroxylation is 1. The predicted molar refractivity (Wildman–Crippen MR) is 79.9 cm³/mol. The van der Waals surface area contributed by atoms with Gasteiger partial charge in [0.05, 0.1) is 20.9 Å².